The van der Waals surface area contributed by atoms with Gasteiger partial charge in [-0.2, -0.15) is 0 Å². The van der Waals surface area contributed by atoms with Gasteiger partial charge in [0, 0.05) is 17.2 Å². The number of amides is 1. The van der Waals surface area contributed by atoms with Crippen molar-refractivity contribution in [2.24, 2.45) is 0 Å². The third-order valence-corrected chi connectivity index (χ3v) is 3.83. The smallest absolute Gasteiger partial charge is 0.374 e. The predicted octanol–water partition coefficient (Wildman–Crippen LogP) is 3.15. The van der Waals surface area contributed by atoms with Gasteiger partial charge in [-0.25, -0.2) is 4.79 Å². The monoisotopic (exact) mass is 402 g/mol. The highest BCUT2D eigenvalue weighted by Crippen LogP contribution is 2.23. The van der Waals surface area contributed by atoms with E-state index >= 15 is 0 Å². The number of nitrogens with zero attached hydrogens (tertiary/aromatic N) is 1. The molecule has 0 spiro atoms. The Hall–Kier alpha value is -3.72. The number of anilines is 1. The number of hydrogen-bond donors (Lipinski definition) is 1. The van der Waals surface area contributed by atoms with E-state index in [9.17, 15) is 24.5 Å². The highest BCUT2D eigenvalue weighted by atomic mass is 35.5. The number of ether oxygens (including phenoxy) is 1. The van der Waals surface area contributed by atoms with Crippen LogP contribution < -0.4 is 10.7 Å². The van der Waals surface area contributed by atoms with Gasteiger partial charge in [0.2, 0.25) is 5.76 Å². The van der Waals surface area contributed by atoms with E-state index in [-0.39, 0.29) is 22.3 Å². The molecule has 1 aromatic heterocycles. The van der Waals surface area contributed by atoms with Crippen molar-refractivity contribution in [1.82, 2.24) is 0 Å². The Morgan fingerprint density at radius 1 is 1.18 bits per heavy atom. The maximum atomic E-state index is 12.1. The van der Waals surface area contributed by atoms with Crippen LogP contribution >= 0.6 is 11.6 Å². The fourth-order valence-electron chi connectivity index (χ4n) is 2.36. The van der Waals surface area contributed by atoms with E-state index in [1.165, 1.54) is 42.5 Å². The molecule has 3 aromatic rings. The summed E-state index contributed by atoms with van der Waals surface area (Å²) < 4.78 is 10.1. The first-order valence-corrected chi connectivity index (χ1v) is 8.17. The molecule has 0 bridgehead atoms. The van der Waals surface area contributed by atoms with Crippen LogP contribution in [0.4, 0.5) is 11.4 Å². The Bertz CT molecular complexity index is 1160. The molecule has 9 nitrogen and oxygen atoms in total. The number of nitro benzene ring substituents is 1. The van der Waals surface area contributed by atoms with Crippen molar-refractivity contribution < 1.29 is 23.7 Å². The Morgan fingerprint density at radius 2 is 1.93 bits per heavy atom. The van der Waals surface area contributed by atoms with Gasteiger partial charge >= 0.3 is 5.97 Å². The average molecular weight is 403 g/mol. The first kappa shape index (κ1) is 19.1. The van der Waals surface area contributed by atoms with Gasteiger partial charge in [-0.1, -0.05) is 23.7 Å². The lowest BCUT2D eigenvalue weighted by Crippen LogP contribution is -2.22. The molecule has 0 radical (unpaired) electrons. The fourth-order valence-corrected chi connectivity index (χ4v) is 2.53. The third kappa shape index (κ3) is 4.15. The molecule has 0 aliphatic rings. The summed E-state index contributed by atoms with van der Waals surface area (Å²) in [5, 5.41) is 13.7. The summed E-state index contributed by atoms with van der Waals surface area (Å²) in [5.41, 5.74) is -0.711. The highest BCUT2D eigenvalue weighted by molar-refractivity contribution is 6.31. The summed E-state index contributed by atoms with van der Waals surface area (Å²) in [6.45, 7) is -0.729. The lowest BCUT2D eigenvalue weighted by Gasteiger charge is -2.07. The lowest BCUT2D eigenvalue weighted by molar-refractivity contribution is -0.383. The van der Waals surface area contributed by atoms with Crippen molar-refractivity contribution in [2.75, 3.05) is 11.9 Å². The maximum absolute atomic E-state index is 12.1. The first-order valence-electron chi connectivity index (χ1n) is 7.79. The minimum Gasteiger partial charge on any atom is -0.450 e. The number of hydrogen-bond acceptors (Lipinski definition) is 7. The number of carbonyl (C=O) groups is 2. The molecule has 28 heavy (non-hydrogen) atoms. The topological polar surface area (TPSA) is 129 Å². The molecule has 0 unspecified atom stereocenters. The number of nitro groups is 1. The van der Waals surface area contributed by atoms with Crippen molar-refractivity contribution in [2.45, 2.75) is 0 Å². The summed E-state index contributed by atoms with van der Waals surface area (Å²) in [5.74, 6) is -2.22. The van der Waals surface area contributed by atoms with Crippen LogP contribution in [0.25, 0.3) is 11.0 Å². The molecule has 0 saturated heterocycles. The van der Waals surface area contributed by atoms with Crippen molar-refractivity contribution in [3.8, 4) is 0 Å². The molecule has 1 N–H and O–H groups in total. The molecule has 10 heteroatoms. The highest BCUT2D eigenvalue weighted by Gasteiger charge is 2.18. The number of para-hydroxylation sites is 2. The number of nitrogens with one attached hydrogen (secondary N) is 1. The average Bonchev–Trinajstić information content (AvgIpc) is 2.66. The zero-order valence-corrected chi connectivity index (χ0v) is 14.8. The van der Waals surface area contributed by atoms with Crippen molar-refractivity contribution in [3.05, 3.63) is 79.7 Å². The molecule has 3 rings (SSSR count). The van der Waals surface area contributed by atoms with Crippen LogP contribution in [0.2, 0.25) is 5.02 Å². The van der Waals surface area contributed by atoms with Crippen LogP contribution in [0.1, 0.15) is 10.6 Å². The van der Waals surface area contributed by atoms with Crippen LogP contribution in [0.5, 0.6) is 0 Å². The van der Waals surface area contributed by atoms with E-state index in [1.807, 2.05) is 0 Å². The second-order valence-corrected chi connectivity index (χ2v) is 5.95. The first-order chi connectivity index (χ1) is 13.3. The maximum Gasteiger partial charge on any atom is 0.374 e. The van der Waals surface area contributed by atoms with Gasteiger partial charge in [-0.3, -0.25) is 19.7 Å². The Labute approximate surface area is 161 Å². The van der Waals surface area contributed by atoms with Gasteiger partial charge in [0.05, 0.1) is 10.3 Å². The van der Waals surface area contributed by atoms with Gasteiger partial charge < -0.3 is 14.5 Å². The van der Waals surface area contributed by atoms with Crippen molar-refractivity contribution >= 4 is 45.8 Å². The van der Waals surface area contributed by atoms with Gasteiger partial charge in [-0.15, -0.1) is 0 Å². The SMILES string of the molecule is O=C(COC(=O)c1cc(=O)c2cc(Cl)ccc2o1)Nc1ccccc1[N+](=O)[O-]. The van der Waals surface area contributed by atoms with Gasteiger partial charge in [0.25, 0.3) is 11.6 Å². The molecule has 2 aromatic carbocycles. The number of rotatable bonds is 5. The van der Waals surface area contributed by atoms with Gasteiger partial charge in [0.15, 0.2) is 12.0 Å². The Balaban J connectivity index is 1.70. The number of benzene rings is 2. The van der Waals surface area contributed by atoms with Crippen LogP contribution in [0, 0.1) is 10.1 Å². The van der Waals surface area contributed by atoms with E-state index in [1.54, 1.807) is 0 Å². The second kappa shape index (κ2) is 7.89. The molecule has 1 heterocycles. The minimum absolute atomic E-state index is 0.0392. The normalized spacial score (nSPS) is 10.5. The summed E-state index contributed by atoms with van der Waals surface area (Å²) in [7, 11) is 0. The zero-order valence-electron chi connectivity index (χ0n) is 14.0. The largest absolute Gasteiger partial charge is 0.450 e. The van der Waals surface area contributed by atoms with Crippen LogP contribution in [-0.4, -0.2) is 23.4 Å². The van der Waals surface area contributed by atoms with E-state index in [4.69, 9.17) is 20.8 Å². The van der Waals surface area contributed by atoms with E-state index in [2.05, 4.69) is 5.32 Å². The molecular weight excluding hydrogens is 392 g/mol. The zero-order chi connectivity index (χ0) is 20.3. The van der Waals surface area contributed by atoms with Crippen LogP contribution in [-0.2, 0) is 9.53 Å². The number of halogens is 1. The lowest BCUT2D eigenvalue weighted by atomic mass is 10.2. The standard InChI is InChI=1S/C18H11ClN2O7/c19-10-5-6-15-11(7-10)14(22)8-16(28-15)18(24)27-9-17(23)20-12-3-1-2-4-13(12)21(25)26/h1-8H,9H2,(H,20,23). The quantitative estimate of drug-likeness (QED) is 0.394. The summed E-state index contributed by atoms with van der Waals surface area (Å²) >= 11 is 5.82. The minimum atomic E-state index is -1.04. The van der Waals surface area contributed by atoms with E-state index in [0.29, 0.717) is 5.02 Å². The Morgan fingerprint density at radius 3 is 2.68 bits per heavy atom. The number of fused-ring (bicyclic) bond motifs is 1. The molecule has 0 aliphatic heterocycles. The summed E-state index contributed by atoms with van der Waals surface area (Å²) in [4.78, 5) is 46.3. The molecule has 0 saturated carbocycles. The molecule has 1 amide bonds. The molecule has 142 valence electrons. The predicted molar refractivity (Wildman–Crippen MR) is 99.5 cm³/mol. The molecular formula is C18H11ClN2O7. The molecule has 0 fully saturated rings. The summed E-state index contributed by atoms with van der Waals surface area (Å²) in [6.07, 6.45) is 0. The number of esters is 1. The fraction of sp³-hybridized carbons (Fsp3) is 0.0556. The van der Waals surface area contributed by atoms with Crippen LogP contribution in [0.15, 0.2) is 57.7 Å². The summed E-state index contributed by atoms with van der Waals surface area (Å²) in [6, 6.07) is 10.8. The van der Waals surface area contributed by atoms with E-state index < -0.39 is 34.6 Å². The molecule has 0 aliphatic carbocycles. The van der Waals surface area contributed by atoms with Gasteiger partial charge in [-0.05, 0) is 24.3 Å². The van der Waals surface area contributed by atoms with Gasteiger partial charge in [0.1, 0.15) is 11.3 Å². The van der Waals surface area contributed by atoms with Crippen LogP contribution in [0.3, 0.4) is 0 Å². The molecule has 0 atom stereocenters. The van der Waals surface area contributed by atoms with Crippen molar-refractivity contribution in [1.29, 1.82) is 0 Å². The third-order valence-electron chi connectivity index (χ3n) is 3.60. The number of carbonyl (C=O) groups excluding carboxylic acids is 2. The van der Waals surface area contributed by atoms with E-state index in [0.717, 1.165) is 6.07 Å². The van der Waals surface area contributed by atoms with Crippen molar-refractivity contribution in [3.63, 3.8) is 0 Å². The second-order valence-electron chi connectivity index (χ2n) is 5.51. The Kier molecular flexibility index (Phi) is 5.37.